The number of halogens is 2. The zero-order chi connectivity index (χ0) is 24.7. The highest BCUT2D eigenvalue weighted by atomic mass is 35.5. The highest BCUT2D eigenvalue weighted by Crippen LogP contribution is 2.35. The van der Waals surface area contributed by atoms with E-state index in [1.165, 1.54) is 23.6 Å². The van der Waals surface area contributed by atoms with E-state index in [0.717, 1.165) is 11.3 Å². The van der Waals surface area contributed by atoms with Crippen molar-refractivity contribution in [1.82, 2.24) is 19.6 Å². The smallest absolute Gasteiger partial charge is 0.322 e. The SMILES string of the molecule is COc1c(Cl)cc(C(=O)N2CCc3c(sc4nc(O)c(C(=O)NCC(=O)O)c(=O)n34)C2)cc1Cl. The van der Waals surface area contributed by atoms with E-state index in [-0.39, 0.29) is 51.7 Å². The molecule has 0 saturated carbocycles. The first-order valence-electron chi connectivity index (χ1n) is 9.71. The first kappa shape index (κ1) is 23.8. The van der Waals surface area contributed by atoms with E-state index in [1.54, 1.807) is 4.90 Å². The van der Waals surface area contributed by atoms with Crippen LogP contribution in [-0.2, 0) is 17.8 Å². The maximum absolute atomic E-state index is 13.1. The highest BCUT2D eigenvalue weighted by molar-refractivity contribution is 7.17. The van der Waals surface area contributed by atoms with Gasteiger partial charge in [0, 0.05) is 29.1 Å². The number of methoxy groups -OCH3 is 1. The van der Waals surface area contributed by atoms with Crippen LogP contribution in [0.5, 0.6) is 11.6 Å². The van der Waals surface area contributed by atoms with Crippen LogP contribution in [0.15, 0.2) is 16.9 Å². The third kappa shape index (κ3) is 4.15. The van der Waals surface area contributed by atoms with E-state index in [2.05, 4.69) is 4.98 Å². The number of rotatable bonds is 5. The van der Waals surface area contributed by atoms with Gasteiger partial charge in [-0.3, -0.25) is 23.6 Å². The lowest BCUT2D eigenvalue weighted by Gasteiger charge is -2.27. The van der Waals surface area contributed by atoms with Crippen LogP contribution in [0.4, 0.5) is 0 Å². The normalized spacial score (nSPS) is 13.0. The van der Waals surface area contributed by atoms with Gasteiger partial charge in [0.1, 0.15) is 6.54 Å². The standard InChI is InChI=1S/C20H16Cl2N4O7S/c1-33-15-9(21)4-8(5-10(15)22)18(31)25-3-2-11-12(7-25)34-20-24-17(30)14(19(32)26(11)20)16(29)23-6-13(27)28/h4-5,30H,2-3,6-7H2,1H3,(H,23,29)(H,27,28). The van der Waals surface area contributed by atoms with Gasteiger partial charge in [0.15, 0.2) is 11.3 Å². The number of aliphatic carboxylic acids is 1. The number of benzene rings is 1. The third-order valence-corrected chi connectivity index (χ3v) is 6.79. The van der Waals surface area contributed by atoms with Crippen LogP contribution in [0, 0.1) is 0 Å². The number of aromatic nitrogens is 2. The quantitative estimate of drug-likeness (QED) is 0.455. The molecule has 14 heteroatoms. The molecule has 1 aliphatic rings. The van der Waals surface area contributed by atoms with Gasteiger partial charge >= 0.3 is 5.97 Å². The molecule has 3 N–H and O–H groups in total. The Kier molecular flexibility index (Phi) is 6.39. The van der Waals surface area contributed by atoms with E-state index >= 15 is 0 Å². The molecule has 0 unspecified atom stereocenters. The maximum atomic E-state index is 13.1. The summed E-state index contributed by atoms with van der Waals surface area (Å²) in [7, 11) is 1.41. The second-order valence-electron chi connectivity index (χ2n) is 7.23. The lowest BCUT2D eigenvalue weighted by Crippen LogP contribution is -2.37. The minimum Gasteiger partial charge on any atom is -0.494 e. The molecule has 11 nitrogen and oxygen atoms in total. The van der Waals surface area contributed by atoms with Crippen LogP contribution in [0.25, 0.3) is 4.96 Å². The first-order chi connectivity index (χ1) is 16.1. The molecule has 0 radical (unpaired) electrons. The minimum atomic E-state index is -1.31. The second kappa shape index (κ2) is 9.12. The van der Waals surface area contributed by atoms with Crippen LogP contribution in [0.2, 0.25) is 10.0 Å². The molecule has 3 heterocycles. The fourth-order valence-electron chi connectivity index (χ4n) is 3.64. The number of amides is 2. The zero-order valence-corrected chi connectivity index (χ0v) is 19.8. The van der Waals surface area contributed by atoms with Gasteiger partial charge in [-0.2, -0.15) is 4.98 Å². The number of thiazole rings is 1. The van der Waals surface area contributed by atoms with Crippen LogP contribution < -0.4 is 15.6 Å². The molecule has 2 aromatic heterocycles. The zero-order valence-electron chi connectivity index (χ0n) is 17.4. The number of nitrogens with one attached hydrogen (secondary N) is 1. The average molecular weight is 527 g/mol. The molecule has 0 aliphatic carbocycles. The topological polar surface area (TPSA) is 151 Å². The number of nitrogens with zero attached hydrogens (tertiary/aromatic N) is 3. The Morgan fingerprint density at radius 2 is 1.94 bits per heavy atom. The summed E-state index contributed by atoms with van der Waals surface area (Å²) in [5.41, 5.74) is -0.651. The van der Waals surface area contributed by atoms with Gasteiger partial charge < -0.3 is 25.2 Å². The molecule has 0 atom stereocenters. The molecule has 4 rings (SSSR count). The molecule has 178 valence electrons. The van der Waals surface area contributed by atoms with Gasteiger partial charge in [0.2, 0.25) is 10.8 Å². The first-order valence-corrected chi connectivity index (χ1v) is 11.3. The average Bonchev–Trinajstić information content (AvgIpc) is 3.14. The van der Waals surface area contributed by atoms with Crippen molar-refractivity contribution in [3.05, 3.63) is 54.2 Å². The predicted octanol–water partition coefficient (Wildman–Crippen LogP) is 1.79. The van der Waals surface area contributed by atoms with Crippen LogP contribution >= 0.6 is 34.5 Å². The largest absolute Gasteiger partial charge is 0.494 e. The molecule has 3 aromatic rings. The Morgan fingerprint density at radius 3 is 2.56 bits per heavy atom. The van der Waals surface area contributed by atoms with Crippen molar-refractivity contribution >= 4 is 57.3 Å². The van der Waals surface area contributed by atoms with Crippen molar-refractivity contribution in [3.63, 3.8) is 0 Å². The molecule has 1 aromatic carbocycles. The van der Waals surface area contributed by atoms with Crippen LogP contribution in [0.3, 0.4) is 0 Å². The van der Waals surface area contributed by atoms with Crippen LogP contribution in [0.1, 0.15) is 31.3 Å². The molecule has 34 heavy (non-hydrogen) atoms. The summed E-state index contributed by atoms with van der Waals surface area (Å²) in [5.74, 6) is -3.22. The second-order valence-corrected chi connectivity index (χ2v) is 9.11. The van der Waals surface area contributed by atoms with Crippen LogP contribution in [-0.4, -0.2) is 62.5 Å². The summed E-state index contributed by atoms with van der Waals surface area (Å²) < 4.78 is 6.31. The van der Waals surface area contributed by atoms with E-state index in [1.807, 2.05) is 5.32 Å². The van der Waals surface area contributed by atoms with E-state index in [4.69, 9.17) is 33.0 Å². The summed E-state index contributed by atoms with van der Waals surface area (Å²) in [4.78, 5) is 55.3. The number of carbonyl (C=O) groups excluding carboxylic acids is 2. The van der Waals surface area contributed by atoms with Crippen molar-refractivity contribution < 1.29 is 29.3 Å². The molecular weight excluding hydrogens is 511 g/mol. The molecular formula is C20H16Cl2N4O7S. The van der Waals surface area contributed by atoms with Crippen molar-refractivity contribution in [2.75, 3.05) is 20.2 Å². The van der Waals surface area contributed by atoms with Gasteiger partial charge in [-0.05, 0) is 12.1 Å². The van der Waals surface area contributed by atoms with Crippen molar-refractivity contribution in [2.24, 2.45) is 0 Å². The number of carboxylic acids is 1. The number of ether oxygens (including phenoxy) is 1. The Labute approximate surface area is 205 Å². The fourth-order valence-corrected chi connectivity index (χ4v) is 5.45. The number of hydrogen-bond acceptors (Lipinski definition) is 8. The number of carbonyl (C=O) groups is 3. The number of carboxylic acid groups (broad SMARTS) is 1. The Hall–Kier alpha value is -3.35. The number of aromatic hydroxyl groups is 1. The van der Waals surface area contributed by atoms with E-state index in [0.29, 0.717) is 10.6 Å². The third-order valence-electron chi connectivity index (χ3n) is 5.16. The van der Waals surface area contributed by atoms with Crippen molar-refractivity contribution in [1.29, 1.82) is 0 Å². The lowest BCUT2D eigenvalue weighted by atomic mass is 10.1. The van der Waals surface area contributed by atoms with E-state index < -0.39 is 35.4 Å². The molecule has 0 spiro atoms. The van der Waals surface area contributed by atoms with Gasteiger partial charge in [-0.15, -0.1) is 0 Å². The predicted molar refractivity (Wildman–Crippen MR) is 122 cm³/mol. The highest BCUT2D eigenvalue weighted by Gasteiger charge is 2.29. The monoisotopic (exact) mass is 526 g/mol. The molecule has 0 saturated heterocycles. The van der Waals surface area contributed by atoms with Gasteiger partial charge in [0.25, 0.3) is 17.4 Å². The summed E-state index contributed by atoms with van der Waals surface area (Å²) in [5, 5.41) is 21.3. The lowest BCUT2D eigenvalue weighted by molar-refractivity contribution is -0.135. The maximum Gasteiger partial charge on any atom is 0.322 e. The Morgan fingerprint density at radius 1 is 1.26 bits per heavy atom. The molecule has 0 bridgehead atoms. The van der Waals surface area contributed by atoms with Gasteiger partial charge in [-0.1, -0.05) is 34.5 Å². The summed E-state index contributed by atoms with van der Waals surface area (Å²) in [6, 6.07) is 2.92. The molecule has 0 fully saturated rings. The molecule has 2 amide bonds. The summed E-state index contributed by atoms with van der Waals surface area (Å²) >= 11 is 13.4. The fraction of sp³-hybridized carbons (Fsp3) is 0.250. The van der Waals surface area contributed by atoms with Crippen molar-refractivity contribution in [3.8, 4) is 11.6 Å². The van der Waals surface area contributed by atoms with Gasteiger partial charge in [0.05, 0.1) is 23.7 Å². The van der Waals surface area contributed by atoms with Gasteiger partial charge in [-0.25, -0.2) is 0 Å². The summed E-state index contributed by atoms with van der Waals surface area (Å²) in [6.45, 7) is -0.310. The Bertz CT molecular complexity index is 1400. The van der Waals surface area contributed by atoms with Crippen molar-refractivity contribution in [2.45, 2.75) is 13.0 Å². The van der Waals surface area contributed by atoms with E-state index in [9.17, 15) is 24.3 Å². The number of fused-ring (bicyclic) bond motifs is 3. The minimum absolute atomic E-state index is 0.145. The summed E-state index contributed by atoms with van der Waals surface area (Å²) in [6.07, 6.45) is 0.279. The number of hydrogen-bond donors (Lipinski definition) is 3. The molecule has 1 aliphatic heterocycles. The Balaban J connectivity index is 1.67.